The molecule has 1 aromatic heterocycles. The van der Waals surface area contributed by atoms with Crippen LogP contribution >= 0.6 is 0 Å². The standard InChI is InChI=1S/C11H12N2O2/c1-8-12-7-9-10(13-8)3-2-4-11(9)15-6-5-14/h2-4,7,14H,5-6H2,1H3. The van der Waals surface area contributed by atoms with Crippen LogP contribution in [-0.4, -0.2) is 28.3 Å². The molecule has 1 N–H and O–H groups in total. The molecule has 2 aromatic rings. The first-order valence-corrected chi connectivity index (χ1v) is 4.77. The Bertz CT molecular complexity index is 471. The summed E-state index contributed by atoms with van der Waals surface area (Å²) in [4.78, 5) is 8.41. The number of rotatable bonds is 3. The number of ether oxygens (including phenoxy) is 1. The lowest BCUT2D eigenvalue weighted by Crippen LogP contribution is -2.02. The number of benzene rings is 1. The lowest BCUT2D eigenvalue weighted by molar-refractivity contribution is 0.203. The van der Waals surface area contributed by atoms with Crippen LogP contribution in [-0.2, 0) is 0 Å². The van der Waals surface area contributed by atoms with E-state index in [0.717, 1.165) is 16.7 Å². The molecule has 0 unspecified atom stereocenters. The molecule has 0 saturated heterocycles. The largest absolute Gasteiger partial charge is 0.490 e. The monoisotopic (exact) mass is 204 g/mol. The van der Waals surface area contributed by atoms with Crippen molar-refractivity contribution in [1.29, 1.82) is 0 Å². The molecule has 2 rings (SSSR count). The summed E-state index contributed by atoms with van der Waals surface area (Å²) in [5.74, 6) is 1.45. The highest BCUT2D eigenvalue weighted by molar-refractivity contribution is 5.84. The van der Waals surface area contributed by atoms with Gasteiger partial charge in [0.2, 0.25) is 0 Å². The zero-order chi connectivity index (χ0) is 10.7. The van der Waals surface area contributed by atoms with Crippen LogP contribution in [0.3, 0.4) is 0 Å². The third-order valence-electron chi connectivity index (χ3n) is 2.05. The second kappa shape index (κ2) is 4.23. The smallest absolute Gasteiger partial charge is 0.130 e. The van der Waals surface area contributed by atoms with Gasteiger partial charge in [-0.1, -0.05) is 6.07 Å². The molecule has 78 valence electrons. The van der Waals surface area contributed by atoms with E-state index in [2.05, 4.69) is 9.97 Å². The number of aromatic nitrogens is 2. The van der Waals surface area contributed by atoms with Crippen LogP contribution in [0.1, 0.15) is 5.82 Å². The number of fused-ring (bicyclic) bond motifs is 1. The first kappa shape index (κ1) is 9.86. The van der Waals surface area contributed by atoms with Crippen LogP contribution in [0.4, 0.5) is 0 Å². The Morgan fingerprint density at radius 1 is 1.40 bits per heavy atom. The van der Waals surface area contributed by atoms with Gasteiger partial charge in [0.1, 0.15) is 18.2 Å². The van der Waals surface area contributed by atoms with Crippen molar-refractivity contribution in [3.63, 3.8) is 0 Å². The van der Waals surface area contributed by atoms with Gasteiger partial charge in [-0.2, -0.15) is 0 Å². The fraction of sp³-hybridized carbons (Fsp3) is 0.273. The van der Waals surface area contributed by atoms with Gasteiger partial charge in [0.15, 0.2) is 0 Å². The molecule has 0 aliphatic heterocycles. The quantitative estimate of drug-likeness (QED) is 0.819. The predicted molar refractivity (Wildman–Crippen MR) is 56.9 cm³/mol. The maximum absolute atomic E-state index is 8.69. The van der Waals surface area contributed by atoms with Crippen molar-refractivity contribution in [2.45, 2.75) is 6.92 Å². The van der Waals surface area contributed by atoms with Gasteiger partial charge >= 0.3 is 0 Å². The van der Waals surface area contributed by atoms with Crippen LogP contribution in [0.5, 0.6) is 5.75 Å². The number of aliphatic hydroxyl groups is 1. The van der Waals surface area contributed by atoms with Crippen molar-refractivity contribution in [3.8, 4) is 5.75 Å². The summed E-state index contributed by atoms with van der Waals surface area (Å²) in [6.07, 6.45) is 1.74. The second-order valence-electron chi connectivity index (χ2n) is 3.18. The molecule has 15 heavy (non-hydrogen) atoms. The number of hydrogen-bond acceptors (Lipinski definition) is 4. The summed E-state index contributed by atoms with van der Waals surface area (Å²) < 4.78 is 5.38. The number of nitrogens with zero attached hydrogens (tertiary/aromatic N) is 2. The molecule has 1 aromatic carbocycles. The molecule has 4 heteroatoms. The molecule has 0 fully saturated rings. The fourth-order valence-corrected chi connectivity index (χ4v) is 1.40. The number of hydrogen-bond donors (Lipinski definition) is 1. The van der Waals surface area contributed by atoms with Gasteiger partial charge in [-0.3, -0.25) is 0 Å². The summed E-state index contributed by atoms with van der Waals surface area (Å²) in [6, 6.07) is 5.63. The molecule has 0 bridgehead atoms. The normalized spacial score (nSPS) is 10.5. The van der Waals surface area contributed by atoms with E-state index in [1.807, 2.05) is 25.1 Å². The Kier molecular flexibility index (Phi) is 2.78. The maximum atomic E-state index is 8.69. The topological polar surface area (TPSA) is 55.2 Å². The Hall–Kier alpha value is -1.68. The Morgan fingerprint density at radius 3 is 3.07 bits per heavy atom. The number of aliphatic hydroxyl groups excluding tert-OH is 1. The summed E-state index contributed by atoms with van der Waals surface area (Å²) in [6.45, 7) is 2.14. The van der Waals surface area contributed by atoms with Crippen LogP contribution in [0, 0.1) is 6.92 Å². The van der Waals surface area contributed by atoms with Crippen LogP contribution in [0.15, 0.2) is 24.4 Å². The zero-order valence-electron chi connectivity index (χ0n) is 8.47. The molecule has 0 aliphatic carbocycles. The third kappa shape index (κ3) is 2.05. The minimum atomic E-state index is 0.00308. The molecule has 0 aliphatic rings. The first-order valence-electron chi connectivity index (χ1n) is 4.77. The number of aryl methyl sites for hydroxylation is 1. The highest BCUT2D eigenvalue weighted by Gasteiger charge is 2.03. The lowest BCUT2D eigenvalue weighted by Gasteiger charge is -2.07. The predicted octanol–water partition coefficient (Wildman–Crippen LogP) is 1.31. The Balaban J connectivity index is 2.46. The van der Waals surface area contributed by atoms with Crippen LogP contribution in [0.2, 0.25) is 0 Å². The van der Waals surface area contributed by atoms with Crippen molar-refractivity contribution in [3.05, 3.63) is 30.2 Å². The van der Waals surface area contributed by atoms with Gasteiger partial charge in [0.05, 0.1) is 17.5 Å². The molecule has 0 amide bonds. The van der Waals surface area contributed by atoms with Crippen molar-refractivity contribution >= 4 is 10.9 Å². The average molecular weight is 204 g/mol. The van der Waals surface area contributed by atoms with Crippen LogP contribution in [0.25, 0.3) is 10.9 Å². The molecule has 0 spiro atoms. The average Bonchev–Trinajstić information content (AvgIpc) is 2.25. The van der Waals surface area contributed by atoms with Gasteiger partial charge in [-0.15, -0.1) is 0 Å². The minimum absolute atomic E-state index is 0.00308. The summed E-state index contributed by atoms with van der Waals surface area (Å²) in [5, 5.41) is 9.56. The van der Waals surface area contributed by atoms with Gasteiger partial charge in [-0.05, 0) is 19.1 Å². The summed E-state index contributed by atoms with van der Waals surface area (Å²) in [7, 11) is 0. The van der Waals surface area contributed by atoms with Crippen molar-refractivity contribution < 1.29 is 9.84 Å². The van der Waals surface area contributed by atoms with E-state index in [4.69, 9.17) is 9.84 Å². The van der Waals surface area contributed by atoms with E-state index in [9.17, 15) is 0 Å². The second-order valence-corrected chi connectivity index (χ2v) is 3.18. The zero-order valence-corrected chi connectivity index (χ0v) is 8.47. The highest BCUT2D eigenvalue weighted by atomic mass is 16.5. The molecule has 0 atom stereocenters. The molecular weight excluding hydrogens is 192 g/mol. The Labute approximate surface area is 87.6 Å². The van der Waals surface area contributed by atoms with Crippen molar-refractivity contribution in [2.75, 3.05) is 13.2 Å². The lowest BCUT2D eigenvalue weighted by atomic mass is 10.2. The van der Waals surface area contributed by atoms with E-state index < -0.39 is 0 Å². The third-order valence-corrected chi connectivity index (χ3v) is 2.05. The van der Waals surface area contributed by atoms with E-state index in [1.54, 1.807) is 6.20 Å². The highest BCUT2D eigenvalue weighted by Crippen LogP contribution is 2.23. The van der Waals surface area contributed by atoms with E-state index in [0.29, 0.717) is 5.75 Å². The van der Waals surface area contributed by atoms with E-state index in [-0.39, 0.29) is 13.2 Å². The summed E-state index contributed by atoms with van der Waals surface area (Å²) in [5.41, 5.74) is 0.859. The Morgan fingerprint density at radius 2 is 2.27 bits per heavy atom. The molecule has 0 radical (unpaired) electrons. The van der Waals surface area contributed by atoms with Crippen molar-refractivity contribution in [2.24, 2.45) is 0 Å². The SMILES string of the molecule is Cc1ncc2c(OCCO)cccc2n1. The summed E-state index contributed by atoms with van der Waals surface area (Å²) >= 11 is 0. The molecule has 1 heterocycles. The van der Waals surface area contributed by atoms with E-state index >= 15 is 0 Å². The molecular formula is C11H12N2O2. The van der Waals surface area contributed by atoms with Crippen molar-refractivity contribution in [1.82, 2.24) is 9.97 Å². The maximum Gasteiger partial charge on any atom is 0.130 e. The minimum Gasteiger partial charge on any atom is -0.490 e. The molecule has 4 nitrogen and oxygen atoms in total. The van der Waals surface area contributed by atoms with E-state index in [1.165, 1.54) is 0 Å². The van der Waals surface area contributed by atoms with Gasteiger partial charge < -0.3 is 9.84 Å². The van der Waals surface area contributed by atoms with Crippen LogP contribution < -0.4 is 4.74 Å². The van der Waals surface area contributed by atoms with Gasteiger partial charge in [-0.25, -0.2) is 9.97 Å². The van der Waals surface area contributed by atoms with Gasteiger partial charge in [0.25, 0.3) is 0 Å². The fourth-order valence-electron chi connectivity index (χ4n) is 1.40. The van der Waals surface area contributed by atoms with Gasteiger partial charge in [0, 0.05) is 6.20 Å². The molecule has 0 saturated carbocycles. The first-order chi connectivity index (χ1) is 7.31.